The van der Waals surface area contributed by atoms with Crippen LogP contribution in [0.15, 0.2) is 12.1 Å². The minimum absolute atomic E-state index is 0.0690. The molecule has 0 amide bonds. The van der Waals surface area contributed by atoms with Crippen molar-refractivity contribution in [3.63, 3.8) is 0 Å². The number of aromatic hydroxyl groups is 1. The van der Waals surface area contributed by atoms with E-state index >= 15 is 0 Å². The first kappa shape index (κ1) is 13.7. The Hall–Kier alpha value is -1.73. The lowest BCUT2D eigenvalue weighted by molar-refractivity contribution is 0.299. The second-order valence-corrected chi connectivity index (χ2v) is 5.15. The first-order valence-electron chi connectivity index (χ1n) is 6.74. The van der Waals surface area contributed by atoms with Gasteiger partial charge in [-0.05, 0) is 24.8 Å². The Morgan fingerprint density at radius 3 is 2.63 bits per heavy atom. The topological polar surface area (TPSA) is 79.3 Å². The van der Waals surface area contributed by atoms with E-state index in [1.54, 1.807) is 6.07 Å². The second kappa shape index (κ2) is 5.94. The highest BCUT2D eigenvalue weighted by Crippen LogP contribution is 2.40. The highest BCUT2D eigenvalue weighted by molar-refractivity contribution is 5.52. The van der Waals surface area contributed by atoms with Crippen molar-refractivity contribution in [1.29, 1.82) is 5.26 Å². The molecule has 0 bridgehead atoms. The van der Waals surface area contributed by atoms with Crippen molar-refractivity contribution < 1.29 is 9.84 Å². The van der Waals surface area contributed by atoms with Gasteiger partial charge < -0.3 is 15.6 Å². The molecule has 0 heterocycles. The molecule has 1 aliphatic carbocycles. The van der Waals surface area contributed by atoms with Crippen LogP contribution in [-0.2, 0) is 0 Å². The van der Waals surface area contributed by atoms with Crippen LogP contribution in [-0.4, -0.2) is 12.2 Å². The molecule has 1 aromatic rings. The monoisotopic (exact) mass is 260 g/mol. The maximum Gasteiger partial charge on any atom is 0.162 e. The van der Waals surface area contributed by atoms with Crippen molar-refractivity contribution in [2.75, 3.05) is 7.11 Å². The van der Waals surface area contributed by atoms with Crippen molar-refractivity contribution in [1.82, 2.24) is 0 Å². The molecule has 4 nitrogen and oxygen atoms in total. The Kier molecular flexibility index (Phi) is 4.28. The number of hydrogen-bond acceptors (Lipinski definition) is 4. The van der Waals surface area contributed by atoms with Crippen LogP contribution in [0.1, 0.15) is 49.3 Å². The van der Waals surface area contributed by atoms with Gasteiger partial charge in [0.1, 0.15) is 0 Å². The maximum atomic E-state index is 10.2. The fourth-order valence-electron chi connectivity index (χ4n) is 2.85. The van der Waals surface area contributed by atoms with E-state index in [1.807, 2.05) is 0 Å². The highest BCUT2D eigenvalue weighted by Gasteiger charge is 2.25. The summed E-state index contributed by atoms with van der Waals surface area (Å²) in [6.07, 6.45) is 5.80. The van der Waals surface area contributed by atoms with Gasteiger partial charge in [0.15, 0.2) is 11.5 Å². The van der Waals surface area contributed by atoms with Crippen molar-refractivity contribution in [3.8, 4) is 17.6 Å². The van der Waals surface area contributed by atoms with Crippen molar-refractivity contribution >= 4 is 0 Å². The number of hydrogen-bond donors (Lipinski definition) is 2. The molecule has 1 atom stereocenters. The highest BCUT2D eigenvalue weighted by atomic mass is 16.5. The molecule has 0 radical (unpaired) electrons. The van der Waals surface area contributed by atoms with E-state index in [0.717, 1.165) is 12.8 Å². The van der Waals surface area contributed by atoms with Gasteiger partial charge in [0.2, 0.25) is 0 Å². The average Bonchev–Trinajstić information content (AvgIpc) is 2.47. The molecule has 2 rings (SSSR count). The molecule has 0 saturated heterocycles. The lowest BCUT2D eigenvalue weighted by atomic mass is 9.81. The zero-order valence-electron chi connectivity index (χ0n) is 11.2. The summed E-state index contributed by atoms with van der Waals surface area (Å²) in [5.41, 5.74) is 7.39. The molecule has 0 aromatic heterocycles. The van der Waals surface area contributed by atoms with E-state index < -0.39 is 0 Å². The summed E-state index contributed by atoms with van der Waals surface area (Å²) in [6.45, 7) is 0. The minimum atomic E-state index is -0.234. The van der Waals surface area contributed by atoms with E-state index in [-0.39, 0.29) is 11.8 Å². The first-order valence-corrected chi connectivity index (χ1v) is 6.74. The molecule has 1 saturated carbocycles. The van der Waals surface area contributed by atoms with Crippen LogP contribution in [0.4, 0.5) is 0 Å². The normalized spacial score (nSPS) is 17.7. The standard InChI is InChI=1S/C15H20N2O2/c1-19-13-8-10(9-16)7-12(15(13)18)14(17)11-5-3-2-4-6-11/h7-8,11,14,18H,2-6,17H2,1H3/t14-/m0/s1. The number of nitrogens with two attached hydrogens (primary N) is 1. The summed E-state index contributed by atoms with van der Waals surface area (Å²) in [5.74, 6) is 0.762. The van der Waals surface area contributed by atoms with Gasteiger partial charge in [-0.1, -0.05) is 19.3 Å². The third-order valence-corrected chi connectivity index (χ3v) is 3.97. The summed E-state index contributed by atoms with van der Waals surface area (Å²) in [7, 11) is 1.48. The van der Waals surface area contributed by atoms with E-state index in [2.05, 4.69) is 6.07 Å². The third kappa shape index (κ3) is 2.82. The van der Waals surface area contributed by atoms with Crippen LogP contribution in [0.2, 0.25) is 0 Å². The number of benzene rings is 1. The molecule has 3 N–H and O–H groups in total. The smallest absolute Gasteiger partial charge is 0.162 e. The molecule has 19 heavy (non-hydrogen) atoms. The second-order valence-electron chi connectivity index (χ2n) is 5.15. The number of phenols is 1. The summed E-state index contributed by atoms with van der Waals surface area (Å²) >= 11 is 0. The van der Waals surface area contributed by atoms with E-state index in [9.17, 15) is 5.11 Å². The van der Waals surface area contributed by atoms with Gasteiger partial charge in [-0.3, -0.25) is 0 Å². The predicted octanol–water partition coefficient (Wildman–Crippen LogP) is 2.85. The van der Waals surface area contributed by atoms with Gasteiger partial charge in [0.05, 0.1) is 18.7 Å². The number of nitrogens with zero attached hydrogens (tertiary/aromatic N) is 1. The maximum absolute atomic E-state index is 10.2. The van der Waals surface area contributed by atoms with Gasteiger partial charge in [-0.25, -0.2) is 0 Å². The lowest BCUT2D eigenvalue weighted by Gasteiger charge is -2.28. The minimum Gasteiger partial charge on any atom is -0.504 e. The predicted molar refractivity (Wildman–Crippen MR) is 72.9 cm³/mol. The summed E-state index contributed by atoms with van der Waals surface area (Å²) in [5, 5.41) is 19.2. The SMILES string of the molecule is COc1cc(C#N)cc([C@@H](N)C2CCCCC2)c1O. The number of phenolic OH excluding ortho intramolecular Hbond substituents is 1. The summed E-state index contributed by atoms with van der Waals surface area (Å²) in [6, 6.07) is 5.06. The van der Waals surface area contributed by atoms with Gasteiger partial charge >= 0.3 is 0 Å². The number of ether oxygens (including phenoxy) is 1. The molecular formula is C15H20N2O2. The summed E-state index contributed by atoms with van der Waals surface area (Å²) < 4.78 is 5.11. The molecule has 4 heteroatoms. The van der Waals surface area contributed by atoms with Crippen LogP contribution in [0, 0.1) is 17.2 Å². The Labute approximate surface area is 113 Å². The number of nitriles is 1. The van der Waals surface area contributed by atoms with E-state index in [1.165, 1.54) is 32.4 Å². The van der Waals surface area contributed by atoms with Gasteiger partial charge in [0, 0.05) is 17.7 Å². The molecule has 1 fully saturated rings. The van der Waals surface area contributed by atoms with Gasteiger partial charge in [-0.2, -0.15) is 5.26 Å². The molecule has 0 spiro atoms. The Balaban J connectivity index is 2.34. The number of rotatable bonds is 3. The molecular weight excluding hydrogens is 240 g/mol. The van der Waals surface area contributed by atoms with Gasteiger partial charge in [-0.15, -0.1) is 0 Å². The fraction of sp³-hybridized carbons (Fsp3) is 0.533. The van der Waals surface area contributed by atoms with Crippen LogP contribution in [0.25, 0.3) is 0 Å². The van der Waals surface area contributed by atoms with Crippen LogP contribution < -0.4 is 10.5 Å². The van der Waals surface area contributed by atoms with Crippen LogP contribution in [0.5, 0.6) is 11.5 Å². The molecule has 0 aliphatic heterocycles. The van der Waals surface area contributed by atoms with Crippen LogP contribution in [0.3, 0.4) is 0 Å². The third-order valence-electron chi connectivity index (χ3n) is 3.97. The molecule has 1 aromatic carbocycles. The van der Waals surface area contributed by atoms with Crippen LogP contribution >= 0.6 is 0 Å². The van der Waals surface area contributed by atoms with Gasteiger partial charge in [0.25, 0.3) is 0 Å². The number of methoxy groups -OCH3 is 1. The van der Waals surface area contributed by atoms with Crippen molar-refractivity contribution in [2.24, 2.45) is 11.7 Å². The largest absolute Gasteiger partial charge is 0.504 e. The average molecular weight is 260 g/mol. The Bertz CT molecular complexity index is 488. The fourth-order valence-corrected chi connectivity index (χ4v) is 2.85. The van der Waals surface area contributed by atoms with E-state index in [0.29, 0.717) is 22.8 Å². The zero-order valence-corrected chi connectivity index (χ0v) is 11.2. The lowest BCUT2D eigenvalue weighted by Crippen LogP contribution is -2.23. The molecule has 1 aliphatic rings. The summed E-state index contributed by atoms with van der Waals surface area (Å²) in [4.78, 5) is 0. The zero-order chi connectivity index (χ0) is 13.8. The van der Waals surface area contributed by atoms with Crippen molar-refractivity contribution in [2.45, 2.75) is 38.1 Å². The Morgan fingerprint density at radius 1 is 1.37 bits per heavy atom. The van der Waals surface area contributed by atoms with Crippen molar-refractivity contribution in [3.05, 3.63) is 23.3 Å². The Morgan fingerprint density at radius 2 is 2.05 bits per heavy atom. The quantitative estimate of drug-likeness (QED) is 0.875. The van der Waals surface area contributed by atoms with E-state index in [4.69, 9.17) is 15.7 Å². The molecule has 102 valence electrons. The first-order chi connectivity index (χ1) is 9.17. The molecule has 0 unspecified atom stereocenters.